The first-order chi connectivity index (χ1) is 7.63. The number of hydrogen-bond donors (Lipinski definition) is 0. The summed E-state index contributed by atoms with van der Waals surface area (Å²) in [4.78, 5) is 11.1. The van der Waals surface area contributed by atoms with Crippen LogP contribution in [0.1, 0.15) is 18.1 Å². The number of carbonyl (C=O) groups is 1. The van der Waals surface area contributed by atoms with Gasteiger partial charge in [0.1, 0.15) is 0 Å². The average Bonchev–Trinajstić information content (AvgIpc) is 2.30. The van der Waals surface area contributed by atoms with E-state index in [4.69, 9.17) is 4.74 Å². The predicted molar refractivity (Wildman–Crippen MR) is 62.0 cm³/mol. The zero-order chi connectivity index (χ0) is 12.0. The van der Waals surface area contributed by atoms with E-state index in [-0.39, 0.29) is 11.9 Å². The summed E-state index contributed by atoms with van der Waals surface area (Å²) in [5.74, 6) is -0.445. The van der Waals surface area contributed by atoms with Crippen molar-refractivity contribution in [1.82, 2.24) is 0 Å². The lowest BCUT2D eigenvalue weighted by atomic mass is 10.1. The molecule has 0 fully saturated rings. The third-order valence-corrected chi connectivity index (χ3v) is 2.36. The molecule has 0 heterocycles. The lowest BCUT2D eigenvalue weighted by molar-refractivity contribution is -0.147. The Hall–Kier alpha value is -1.35. The Labute approximate surface area is 96.4 Å². The second-order valence-corrected chi connectivity index (χ2v) is 3.92. The van der Waals surface area contributed by atoms with Gasteiger partial charge in [-0.3, -0.25) is 4.79 Å². The smallest absolute Gasteiger partial charge is 0.310 e. The van der Waals surface area contributed by atoms with Gasteiger partial charge in [-0.05, 0) is 19.4 Å². The van der Waals surface area contributed by atoms with Gasteiger partial charge in [0.05, 0.1) is 26.2 Å². The molecule has 1 rings (SSSR count). The van der Waals surface area contributed by atoms with E-state index in [1.807, 2.05) is 31.2 Å². The van der Waals surface area contributed by atoms with Crippen LogP contribution in [0.15, 0.2) is 24.3 Å². The second-order valence-electron chi connectivity index (χ2n) is 3.92. The van der Waals surface area contributed by atoms with E-state index in [1.54, 1.807) is 6.92 Å². The standard InChI is InChI=1S/C13H18O3/c1-10-4-6-12(7-5-10)9-16-8-11(2)13(14)15-3/h4-7,11H,8-9H2,1-3H3/t11-/m1/s1. The predicted octanol–water partition coefficient (Wildman–Crippen LogP) is 2.32. The van der Waals surface area contributed by atoms with Gasteiger partial charge in [-0.1, -0.05) is 29.8 Å². The maximum Gasteiger partial charge on any atom is 0.310 e. The molecular formula is C13H18O3. The molecule has 0 aliphatic heterocycles. The summed E-state index contributed by atoms with van der Waals surface area (Å²) in [7, 11) is 1.39. The zero-order valence-corrected chi connectivity index (χ0v) is 10.0. The number of aryl methyl sites for hydroxylation is 1. The van der Waals surface area contributed by atoms with Crippen LogP contribution < -0.4 is 0 Å². The van der Waals surface area contributed by atoms with Gasteiger partial charge in [0.15, 0.2) is 0 Å². The molecule has 0 spiro atoms. The Morgan fingerprint density at radius 3 is 2.50 bits per heavy atom. The molecule has 0 N–H and O–H groups in total. The van der Waals surface area contributed by atoms with E-state index >= 15 is 0 Å². The number of hydrogen-bond acceptors (Lipinski definition) is 3. The SMILES string of the molecule is COC(=O)[C@H](C)COCc1ccc(C)cc1. The van der Waals surface area contributed by atoms with Crippen LogP contribution in [0, 0.1) is 12.8 Å². The molecule has 0 saturated heterocycles. The minimum Gasteiger partial charge on any atom is -0.469 e. The van der Waals surface area contributed by atoms with Gasteiger partial charge in [-0.15, -0.1) is 0 Å². The Morgan fingerprint density at radius 2 is 1.94 bits per heavy atom. The summed E-state index contributed by atoms with van der Waals surface area (Å²) in [5.41, 5.74) is 2.34. The molecule has 1 aromatic rings. The summed E-state index contributed by atoms with van der Waals surface area (Å²) < 4.78 is 10.1. The first-order valence-corrected chi connectivity index (χ1v) is 5.34. The molecule has 0 radical (unpaired) electrons. The normalized spacial score (nSPS) is 12.2. The Bertz CT molecular complexity index is 330. The van der Waals surface area contributed by atoms with Crippen LogP contribution in [-0.4, -0.2) is 19.7 Å². The molecule has 0 aromatic heterocycles. The van der Waals surface area contributed by atoms with Gasteiger partial charge < -0.3 is 9.47 Å². The molecule has 1 atom stereocenters. The Kier molecular flexibility index (Phi) is 4.99. The fraction of sp³-hybridized carbons (Fsp3) is 0.462. The lowest BCUT2D eigenvalue weighted by Gasteiger charge is -2.09. The quantitative estimate of drug-likeness (QED) is 0.717. The molecule has 0 aliphatic rings. The van der Waals surface area contributed by atoms with Crippen LogP contribution >= 0.6 is 0 Å². The van der Waals surface area contributed by atoms with Crippen molar-refractivity contribution in [1.29, 1.82) is 0 Å². The third kappa shape index (κ3) is 4.03. The van der Waals surface area contributed by atoms with Gasteiger partial charge in [0.25, 0.3) is 0 Å². The molecule has 0 amide bonds. The maximum atomic E-state index is 11.1. The number of esters is 1. The summed E-state index contributed by atoms with van der Waals surface area (Å²) in [6, 6.07) is 8.14. The summed E-state index contributed by atoms with van der Waals surface area (Å²) in [6.07, 6.45) is 0. The zero-order valence-electron chi connectivity index (χ0n) is 10.0. The first-order valence-electron chi connectivity index (χ1n) is 5.34. The largest absolute Gasteiger partial charge is 0.469 e. The van der Waals surface area contributed by atoms with Crippen molar-refractivity contribution < 1.29 is 14.3 Å². The van der Waals surface area contributed by atoms with E-state index in [9.17, 15) is 4.79 Å². The molecule has 1 aromatic carbocycles. The monoisotopic (exact) mass is 222 g/mol. The molecule has 0 saturated carbocycles. The number of methoxy groups -OCH3 is 1. The van der Waals surface area contributed by atoms with Crippen molar-refractivity contribution in [2.24, 2.45) is 5.92 Å². The van der Waals surface area contributed by atoms with Crippen molar-refractivity contribution in [2.45, 2.75) is 20.5 Å². The van der Waals surface area contributed by atoms with Crippen molar-refractivity contribution in [3.63, 3.8) is 0 Å². The number of rotatable bonds is 5. The van der Waals surface area contributed by atoms with Crippen molar-refractivity contribution >= 4 is 5.97 Å². The second kappa shape index (κ2) is 6.28. The first kappa shape index (κ1) is 12.7. The van der Waals surface area contributed by atoms with Crippen LogP contribution in [0.5, 0.6) is 0 Å². The Balaban J connectivity index is 2.30. The fourth-order valence-electron chi connectivity index (χ4n) is 1.31. The number of carbonyl (C=O) groups excluding carboxylic acids is 1. The maximum absolute atomic E-state index is 11.1. The topological polar surface area (TPSA) is 35.5 Å². The van der Waals surface area contributed by atoms with Gasteiger partial charge in [-0.25, -0.2) is 0 Å². The minimum atomic E-state index is -0.232. The third-order valence-electron chi connectivity index (χ3n) is 2.36. The molecular weight excluding hydrogens is 204 g/mol. The van der Waals surface area contributed by atoms with Gasteiger partial charge in [0.2, 0.25) is 0 Å². The highest BCUT2D eigenvalue weighted by Crippen LogP contribution is 2.06. The van der Waals surface area contributed by atoms with Crippen LogP contribution in [0.2, 0.25) is 0 Å². The molecule has 0 bridgehead atoms. The van der Waals surface area contributed by atoms with E-state index in [0.29, 0.717) is 13.2 Å². The van der Waals surface area contributed by atoms with Gasteiger partial charge in [0, 0.05) is 0 Å². The van der Waals surface area contributed by atoms with Crippen molar-refractivity contribution in [3.05, 3.63) is 35.4 Å². The number of ether oxygens (including phenoxy) is 2. The van der Waals surface area contributed by atoms with Gasteiger partial charge >= 0.3 is 5.97 Å². The highest BCUT2D eigenvalue weighted by molar-refractivity contribution is 5.71. The van der Waals surface area contributed by atoms with E-state index in [0.717, 1.165) is 5.56 Å². The molecule has 3 heteroatoms. The van der Waals surface area contributed by atoms with E-state index in [2.05, 4.69) is 4.74 Å². The molecule has 0 aliphatic carbocycles. The lowest BCUT2D eigenvalue weighted by Crippen LogP contribution is -2.18. The summed E-state index contributed by atoms with van der Waals surface area (Å²) >= 11 is 0. The summed E-state index contributed by atoms with van der Waals surface area (Å²) in [6.45, 7) is 4.76. The van der Waals surface area contributed by atoms with Crippen molar-refractivity contribution in [3.8, 4) is 0 Å². The fourth-order valence-corrected chi connectivity index (χ4v) is 1.31. The van der Waals surface area contributed by atoms with Crippen LogP contribution in [0.25, 0.3) is 0 Å². The molecule has 3 nitrogen and oxygen atoms in total. The number of benzene rings is 1. The Morgan fingerprint density at radius 1 is 1.31 bits per heavy atom. The summed E-state index contributed by atoms with van der Waals surface area (Å²) in [5, 5.41) is 0. The van der Waals surface area contributed by atoms with Crippen LogP contribution in [0.3, 0.4) is 0 Å². The molecule has 88 valence electrons. The van der Waals surface area contributed by atoms with E-state index in [1.165, 1.54) is 12.7 Å². The molecule has 16 heavy (non-hydrogen) atoms. The van der Waals surface area contributed by atoms with Gasteiger partial charge in [-0.2, -0.15) is 0 Å². The highest BCUT2D eigenvalue weighted by atomic mass is 16.5. The van der Waals surface area contributed by atoms with Crippen LogP contribution in [0.4, 0.5) is 0 Å². The average molecular weight is 222 g/mol. The van der Waals surface area contributed by atoms with E-state index < -0.39 is 0 Å². The minimum absolute atomic E-state index is 0.213. The van der Waals surface area contributed by atoms with Crippen molar-refractivity contribution in [2.75, 3.05) is 13.7 Å². The molecule has 0 unspecified atom stereocenters. The van der Waals surface area contributed by atoms with Crippen LogP contribution in [-0.2, 0) is 20.9 Å². The highest BCUT2D eigenvalue weighted by Gasteiger charge is 2.12.